The van der Waals surface area contributed by atoms with Crippen LogP contribution in [-0.4, -0.2) is 24.6 Å². The molecule has 4 nitrogen and oxygen atoms in total. The Morgan fingerprint density at radius 3 is 2.88 bits per heavy atom. The molecule has 1 fully saturated rings. The van der Waals surface area contributed by atoms with Gasteiger partial charge in [-0.2, -0.15) is 0 Å². The zero-order valence-corrected chi connectivity index (χ0v) is 9.16. The number of benzene rings is 1. The molecule has 1 aromatic rings. The van der Waals surface area contributed by atoms with Crippen LogP contribution in [-0.2, 0) is 6.42 Å². The van der Waals surface area contributed by atoms with Crippen LogP contribution in [0.4, 0.5) is 0 Å². The van der Waals surface area contributed by atoms with Gasteiger partial charge in [-0.3, -0.25) is 0 Å². The van der Waals surface area contributed by atoms with Crippen molar-refractivity contribution < 1.29 is 19.3 Å². The van der Waals surface area contributed by atoms with E-state index in [9.17, 15) is 5.11 Å². The lowest BCUT2D eigenvalue weighted by molar-refractivity contribution is 0.146. The van der Waals surface area contributed by atoms with Gasteiger partial charge in [-0.15, -0.1) is 0 Å². The lowest BCUT2D eigenvalue weighted by Crippen LogP contribution is -2.12. The summed E-state index contributed by atoms with van der Waals surface area (Å²) in [6.45, 7) is 0.244. The Kier molecular flexibility index (Phi) is 2.01. The number of rotatable bonds is 3. The molecule has 2 aliphatic rings. The third kappa shape index (κ3) is 1.50. The lowest BCUT2D eigenvalue weighted by Gasteiger charge is -2.14. The second kappa shape index (κ2) is 3.28. The molecular formula is C12H14O4. The van der Waals surface area contributed by atoms with E-state index in [1.807, 2.05) is 12.1 Å². The highest BCUT2D eigenvalue weighted by Gasteiger charge is 2.42. The molecule has 1 heterocycles. The Labute approximate surface area is 93.7 Å². The molecule has 4 heteroatoms. The van der Waals surface area contributed by atoms with Gasteiger partial charge in [-0.25, -0.2) is 0 Å². The third-order valence-corrected chi connectivity index (χ3v) is 3.15. The van der Waals surface area contributed by atoms with Crippen molar-refractivity contribution in [2.75, 3.05) is 13.9 Å². The minimum absolute atomic E-state index is 0.244. The molecule has 0 unspecified atom stereocenters. The molecule has 0 aromatic heterocycles. The van der Waals surface area contributed by atoms with E-state index in [4.69, 9.17) is 14.2 Å². The SMILES string of the molecule is COc1ccc2c(c1CC1(O)CC1)OCO2. The highest BCUT2D eigenvalue weighted by Crippen LogP contribution is 2.47. The zero-order chi connectivity index (χ0) is 11.2. The van der Waals surface area contributed by atoms with Gasteiger partial charge in [-0.05, 0) is 25.0 Å². The molecule has 0 saturated heterocycles. The van der Waals surface area contributed by atoms with Gasteiger partial charge in [-0.1, -0.05) is 0 Å². The average Bonchev–Trinajstić information content (AvgIpc) is 2.82. The van der Waals surface area contributed by atoms with Crippen molar-refractivity contribution >= 4 is 0 Å². The van der Waals surface area contributed by atoms with Gasteiger partial charge in [0.25, 0.3) is 0 Å². The van der Waals surface area contributed by atoms with Gasteiger partial charge in [0.05, 0.1) is 12.7 Å². The van der Waals surface area contributed by atoms with E-state index in [0.717, 1.165) is 35.7 Å². The smallest absolute Gasteiger partial charge is 0.231 e. The van der Waals surface area contributed by atoms with Crippen LogP contribution in [0.3, 0.4) is 0 Å². The van der Waals surface area contributed by atoms with Crippen molar-refractivity contribution in [3.8, 4) is 17.2 Å². The van der Waals surface area contributed by atoms with E-state index in [2.05, 4.69) is 0 Å². The molecule has 1 aliphatic carbocycles. The average molecular weight is 222 g/mol. The first kappa shape index (κ1) is 9.78. The van der Waals surface area contributed by atoms with Crippen LogP contribution < -0.4 is 14.2 Å². The summed E-state index contributed by atoms with van der Waals surface area (Å²) >= 11 is 0. The fourth-order valence-corrected chi connectivity index (χ4v) is 2.02. The summed E-state index contributed by atoms with van der Waals surface area (Å²) in [6.07, 6.45) is 2.27. The summed E-state index contributed by atoms with van der Waals surface area (Å²) in [5, 5.41) is 9.98. The van der Waals surface area contributed by atoms with Crippen LogP contribution in [0.2, 0.25) is 0 Å². The second-order valence-corrected chi connectivity index (χ2v) is 4.38. The van der Waals surface area contributed by atoms with Gasteiger partial charge >= 0.3 is 0 Å². The molecule has 3 rings (SSSR count). The molecule has 16 heavy (non-hydrogen) atoms. The molecular weight excluding hydrogens is 208 g/mol. The molecule has 86 valence electrons. The summed E-state index contributed by atoms with van der Waals surface area (Å²) in [5.74, 6) is 2.21. The summed E-state index contributed by atoms with van der Waals surface area (Å²) in [6, 6.07) is 3.69. The van der Waals surface area contributed by atoms with Crippen molar-refractivity contribution in [3.63, 3.8) is 0 Å². The monoisotopic (exact) mass is 222 g/mol. The van der Waals surface area contributed by atoms with E-state index >= 15 is 0 Å². The minimum Gasteiger partial charge on any atom is -0.496 e. The van der Waals surface area contributed by atoms with Crippen molar-refractivity contribution in [2.24, 2.45) is 0 Å². The maximum absolute atomic E-state index is 9.98. The number of ether oxygens (including phenoxy) is 3. The van der Waals surface area contributed by atoms with Gasteiger partial charge in [0.1, 0.15) is 5.75 Å². The first-order valence-electron chi connectivity index (χ1n) is 5.40. The number of methoxy groups -OCH3 is 1. The van der Waals surface area contributed by atoms with Gasteiger partial charge in [0, 0.05) is 12.0 Å². The number of hydrogen-bond acceptors (Lipinski definition) is 4. The Morgan fingerprint density at radius 2 is 2.19 bits per heavy atom. The van der Waals surface area contributed by atoms with E-state index in [0.29, 0.717) is 6.42 Å². The van der Waals surface area contributed by atoms with Crippen molar-refractivity contribution in [1.29, 1.82) is 0 Å². The molecule has 0 atom stereocenters. The zero-order valence-electron chi connectivity index (χ0n) is 9.16. The van der Waals surface area contributed by atoms with Gasteiger partial charge in [0.15, 0.2) is 11.5 Å². The minimum atomic E-state index is -0.561. The topological polar surface area (TPSA) is 47.9 Å². The third-order valence-electron chi connectivity index (χ3n) is 3.15. The van der Waals surface area contributed by atoms with Gasteiger partial charge in [0.2, 0.25) is 6.79 Å². The quantitative estimate of drug-likeness (QED) is 0.841. The first-order chi connectivity index (χ1) is 7.72. The Balaban J connectivity index is 2.02. The molecule has 0 spiro atoms. The predicted molar refractivity (Wildman–Crippen MR) is 57.0 cm³/mol. The van der Waals surface area contributed by atoms with Gasteiger partial charge < -0.3 is 19.3 Å². The number of hydrogen-bond donors (Lipinski definition) is 1. The fraction of sp³-hybridized carbons (Fsp3) is 0.500. The lowest BCUT2D eigenvalue weighted by atomic mass is 10.0. The Hall–Kier alpha value is -1.42. The van der Waals surface area contributed by atoms with Crippen LogP contribution in [0.25, 0.3) is 0 Å². The summed E-state index contributed by atoms with van der Waals surface area (Å²) in [4.78, 5) is 0. The molecule has 0 amide bonds. The van der Waals surface area contributed by atoms with Crippen molar-refractivity contribution in [1.82, 2.24) is 0 Å². The number of fused-ring (bicyclic) bond motifs is 1. The van der Waals surface area contributed by atoms with E-state index in [-0.39, 0.29) is 6.79 Å². The molecule has 1 N–H and O–H groups in total. The van der Waals surface area contributed by atoms with Crippen molar-refractivity contribution in [3.05, 3.63) is 17.7 Å². The molecule has 0 radical (unpaired) electrons. The Morgan fingerprint density at radius 1 is 1.38 bits per heavy atom. The molecule has 1 aliphatic heterocycles. The normalized spacial score (nSPS) is 19.6. The summed E-state index contributed by atoms with van der Waals surface area (Å²) in [5.41, 5.74) is 0.353. The largest absolute Gasteiger partial charge is 0.496 e. The van der Waals surface area contributed by atoms with Crippen LogP contribution in [0, 0.1) is 0 Å². The number of aliphatic hydroxyl groups is 1. The first-order valence-corrected chi connectivity index (χ1v) is 5.40. The van der Waals surface area contributed by atoms with Crippen LogP contribution in [0.1, 0.15) is 18.4 Å². The maximum Gasteiger partial charge on any atom is 0.231 e. The summed E-state index contributed by atoms with van der Waals surface area (Å²) < 4.78 is 16.0. The fourth-order valence-electron chi connectivity index (χ4n) is 2.02. The highest BCUT2D eigenvalue weighted by atomic mass is 16.7. The highest BCUT2D eigenvalue weighted by molar-refractivity contribution is 5.55. The van der Waals surface area contributed by atoms with Crippen LogP contribution in [0.15, 0.2) is 12.1 Å². The standard InChI is InChI=1S/C12H14O4/c1-14-9-2-3-10-11(16-7-15-10)8(9)6-12(13)4-5-12/h2-3,13H,4-7H2,1H3. The van der Waals surface area contributed by atoms with E-state index in [1.54, 1.807) is 7.11 Å². The maximum atomic E-state index is 9.98. The molecule has 0 bridgehead atoms. The van der Waals surface area contributed by atoms with E-state index < -0.39 is 5.60 Å². The predicted octanol–water partition coefficient (Wildman–Crippen LogP) is 1.49. The Bertz CT molecular complexity index is 423. The molecule has 1 saturated carbocycles. The van der Waals surface area contributed by atoms with Crippen LogP contribution >= 0.6 is 0 Å². The molecule has 1 aromatic carbocycles. The van der Waals surface area contributed by atoms with E-state index in [1.165, 1.54) is 0 Å². The van der Waals surface area contributed by atoms with Crippen LogP contribution in [0.5, 0.6) is 17.2 Å². The summed E-state index contributed by atoms with van der Waals surface area (Å²) in [7, 11) is 1.62. The second-order valence-electron chi connectivity index (χ2n) is 4.38. The van der Waals surface area contributed by atoms with Crippen molar-refractivity contribution in [2.45, 2.75) is 24.9 Å².